The number of hydrogen-bond donors (Lipinski definition) is 2. The molecule has 6 nitrogen and oxygen atoms in total. The second-order valence-corrected chi connectivity index (χ2v) is 6.60. The van der Waals surface area contributed by atoms with Crippen molar-refractivity contribution in [1.29, 1.82) is 0 Å². The topological polar surface area (TPSA) is 70.4 Å². The Morgan fingerprint density at radius 2 is 2.14 bits per heavy atom. The molecule has 0 aliphatic carbocycles. The number of hydrogen-bond acceptors (Lipinski definition) is 4. The van der Waals surface area contributed by atoms with Gasteiger partial charge in [0.05, 0.1) is 6.10 Å². The van der Waals surface area contributed by atoms with Crippen LogP contribution in [-0.2, 0) is 0 Å². The Bertz CT molecular complexity index is 478. The second-order valence-electron chi connectivity index (χ2n) is 6.60. The minimum atomic E-state index is -0.534. The molecule has 1 saturated heterocycles. The summed E-state index contributed by atoms with van der Waals surface area (Å²) in [7, 11) is 0. The number of aliphatic hydroxyl groups excluding tert-OH is 1. The fourth-order valence-corrected chi connectivity index (χ4v) is 2.81. The summed E-state index contributed by atoms with van der Waals surface area (Å²) in [6, 6.07) is 1.84. The van der Waals surface area contributed by atoms with Crippen molar-refractivity contribution in [1.82, 2.24) is 20.0 Å². The lowest BCUT2D eigenvalue weighted by Gasteiger charge is -2.31. The van der Waals surface area contributed by atoms with Crippen molar-refractivity contribution in [3.63, 3.8) is 0 Å². The van der Waals surface area contributed by atoms with Crippen LogP contribution in [0.5, 0.6) is 0 Å². The summed E-state index contributed by atoms with van der Waals surface area (Å²) in [5, 5.41) is 17.1. The maximum absolute atomic E-state index is 12.2. The number of rotatable bonds is 6. The van der Waals surface area contributed by atoms with Gasteiger partial charge >= 0.3 is 0 Å². The number of piperidine rings is 1. The first-order chi connectivity index (χ1) is 10.5. The van der Waals surface area contributed by atoms with Crippen molar-refractivity contribution in [2.45, 2.75) is 45.8 Å². The Kier molecular flexibility index (Phi) is 5.97. The van der Waals surface area contributed by atoms with E-state index >= 15 is 0 Å². The normalized spacial score (nSPS) is 18.6. The number of nitrogens with zero attached hydrogens (tertiary/aromatic N) is 3. The molecule has 1 aromatic rings. The van der Waals surface area contributed by atoms with Gasteiger partial charge in [-0.15, -0.1) is 0 Å². The van der Waals surface area contributed by atoms with Crippen molar-refractivity contribution < 1.29 is 9.90 Å². The van der Waals surface area contributed by atoms with E-state index in [0.29, 0.717) is 12.2 Å². The molecule has 2 heterocycles. The lowest BCUT2D eigenvalue weighted by Crippen LogP contribution is -2.43. The highest BCUT2D eigenvalue weighted by atomic mass is 16.3. The smallest absolute Gasteiger partial charge is 0.269 e. The Morgan fingerprint density at radius 3 is 2.77 bits per heavy atom. The van der Waals surface area contributed by atoms with E-state index in [2.05, 4.69) is 22.2 Å². The zero-order valence-corrected chi connectivity index (χ0v) is 13.8. The molecule has 1 amide bonds. The van der Waals surface area contributed by atoms with Gasteiger partial charge in [0.25, 0.3) is 5.91 Å². The van der Waals surface area contributed by atoms with Crippen molar-refractivity contribution in [2.75, 3.05) is 26.2 Å². The Hall–Kier alpha value is -1.40. The van der Waals surface area contributed by atoms with E-state index in [-0.39, 0.29) is 18.5 Å². The molecule has 124 valence electrons. The lowest BCUT2D eigenvalue weighted by molar-refractivity contribution is 0.0788. The standard InChI is InChI=1S/C16H28N4O2/c1-12(2)20-15(4-7-18-20)16(22)17-10-14(21)11-19-8-5-13(3)6-9-19/h4,7,12-14,21H,5-6,8-11H2,1-3H3,(H,17,22). The molecule has 6 heteroatoms. The first kappa shape index (κ1) is 17.0. The number of carbonyl (C=O) groups is 1. The maximum Gasteiger partial charge on any atom is 0.269 e. The van der Waals surface area contributed by atoms with Crippen LogP contribution in [0.15, 0.2) is 12.3 Å². The van der Waals surface area contributed by atoms with E-state index < -0.39 is 6.10 Å². The molecule has 22 heavy (non-hydrogen) atoms. The van der Waals surface area contributed by atoms with Crippen LogP contribution in [0.2, 0.25) is 0 Å². The number of amides is 1. The van der Waals surface area contributed by atoms with Crippen molar-refractivity contribution >= 4 is 5.91 Å². The van der Waals surface area contributed by atoms with Gasteiger partial charge < -0.3 is 15.3 Å². The predicted molar refractivity (Wildman–Crippen MR) is 85.8 cm³/mol. The molecule has 1 aromatic heterocycles. The van der Waals surface area contributed by atoms with Crippen LogP contribution in [0, 0.1) is 5.92 Å². The molecule has 2 rings (SSSR count). The molecule has 0 spiro atoms. The van der Waals surface area contributed by atoms with Crippen molar-refractivity contribution in [3.8, 4) is 0 Å². The number of carbonyl (C=O) groups excluding carboxylic acids is 1. The average molecular weight is 308 g/mol. The van der Waals surface area contributed by atoms with E-state index in [1.807, 2.05) is 13.8 Å². The lowest BCUT2D eigenvalue weighted by atomic mass is 9.99. The van der Waals surface area contributed by atoms with Gasteiger partial charge in [-0.3, -0.25) is 9.48 Å². The van der Waals surface area contributed by atoms with Gasteiger partial charge in [-0.05, 0) is 51.8 Å². The molecule has 1 aliphatic rings. The highest BCUT2D eigenvalue weighted by Gasteiger charge is 2.19. The molecule has 1 aliphatic heterocycles. The third kappa shape index (κ3) is 4.55. The van der Waals surface area contributed by atoms with Crippen molar-refractivity contribution in [2.24, 2.45) is 5.92 Å². The van der Waals surface area contributed by atoms with Gasteiger partial charge in [0.1, 0.15) is 5.69 Å². The number of nitrogens with one attached hydrogen (secondary N) is 1. The van der Waals surface area contributed by atoms with Gasteiger partial charge in [0.2, 0.25) is 0 Å². The average Bonchev–Trinajstić information content (AvgIpc) is 2.97. The molecule has 1 unspecified atom stereocenters. The molecule has 0 saturated carbocycles. The Balaban J connectivity index is 1.77. The minimum absolute atomic E-state index is 0.135. The van der Waals surface area contributed by atoms with Gasteiger partial charge in [0, 0.05) is 25.3 Å². The second kappa shape index (κ2) is 7.74. The predicted octanol–water partition coefficient (Wildman–Crippen LogP) is 1.29. The highest BCUT2D eigenvalue weighted by molar-refractivity contribution is 5.92. The Morgan fingerprint density at radius 1 is 1.45 bits per heavy atom. The number of aliphatic hydroxyl groups is 1. The van der Waals surface area contributed by atoms with Gasteiger partial charge in [-0.1, -0.05) is 6.92 Å². The van der Waals surface area contributed by atoms with Gasteiger partial charge in [0.15, 0.2) is 0 Å². The third-order valence-electron chi connectivity index (χ3n) is 4.24. The van der Waals surface area contributed by atoms with Gasteiger partial charge in [-0.2, -0.15) is 5.10 Å². The van der Waals surface area contributed by atoms with Crippen LogP contribution in [-0.4, -0.2) is 58.0 Å². The summed E-state index contributed by atoms with van der Waals surface area (Å²) in [5.41, 5.74) is 0.536. The molecule has 0 bridgehead atoms. The fourth-order valence-electron chi connectivity index (χ4n) is 2.81. The number of β-amino-alcohol motifs (C(OH)–C–C–N with tert-alkyl or cyclic N) is 1. The number of aromatic nitrogens is 2. The zero-order valence-electron chi connectivity index (χ0n) is 13.8. The molecule has 0 radical (unpaired) electrons. The number of likely N-dealkylation sites (tertiary alicyclic amines) is 1. The molecule has 1 fully saturated rings. The van der Waals surface area contributed by atoms with Crippen LogP contribution in [0.1, 0.15) is 50.1 Å². The maximum atomic E-state index is 12.2. The summed E-state index contributed by atoms with van der Waals surface area (Å²) >= 11 is 0. The highest BCUT2D eigenvalue weighted by Crippen LogP contribution is 2.15. The minimum Gasteiger partial charge on any atom is -0.390 e. The molecule has 1 atom stereocenters. The van der Waals surface area contributed by atoms with Crippen molar-refractivity contribution in [3.05, 3.63) is 18.0 Å². The fraction of sp³-hybridized carbons (Fsp3) is 0.750. The summed E-state index contributed by atoms with van der Waals surface area (Å²) in [6.45, 7) is 9.20. The van der Waals surface area contributed by atoms with Crippen LogP contribution < -0.4 is 5.32 Å². The summed E-state index contributed by atoms with van der Waals surface area (Å²) in [5.74, 6) is 0.599. The molecule has 0 aromatic carbocycles. The Labute approximate surface area is 132 Å². The van der Waals surface area contributed by atoms with E-state index in [1.54, 1.807) is 16.9 Å². The zero-order chi connectivity index (χ0) is 16.1. The van der Waals surface area contributed by atoms with E-state index in [0.717, 1.165) is 19.0 Å². The first-order valence-electron chi connectivity index (χ1n) is 8.19. The molecular weight excluding hydrogens is 280 g/mol. The summed E-state index contributed by atoms with van der Waals surface area (Å²) in [4.78, 5) is 14.4. The first-order valence-corrected chi connectivity index (χ1v) is 8.19. The SMILES string of the molecule is CC1CCN(CC(O)CNC(=O)c2ccnn2C(C)C)CC1. The largest absolute Gasteiger partial charge is 0.390 e. The van der Waals surface area contributed by atoms with E-state index in [4.69, 9.17) is 0 Å². The van der Waals surface area contributed by atoms with Crippen LogP contribution in [0.4, 0.5) is 0 Å². The molecular formula is C16H28N4O2. The van der Waals surface area contributed by atoms with Gasteiger partial charge in [-0.25, -0.2) is 0 Å². The molecule has 2 N–H and O–H groups in total. The van der Waals surface area contributed by atoms with E-state index in [1.165, 1.54) is 12.8 Å². The monoisotopic (exact) mass is 308 g/mol. The van der Waals surface area contributed by atoms with Crippen LogP contribution in [0.25, 0.3) is 0 Å². The quantitative estimate of drug-likeness (QED) is 0.831. The van der Waals surface area contributed by atoms with E-state index in [9.17, 15) is 9.90 Å². The third-order valence-corrected chi connectivity index (χ3v) is 4.24. The summed E-state index contributed by atoms with van der Waals surface area (Å²) < 4.78 is 1.69. The summed E-state index contributed by atoms with van der Waals surface area (Å²) in [6.07, 6.45) is 3.47. The van der Waals surface area contributed by atoms with Crippen LogP contribution >= 0.6 is 0 Å². The van der Waals surface area contributed by atoms with Crippen LogP contribution in [0.3, 0.4) is 0 Å².